The van der Waals surface area contributed by atoms with E-state index in [9.17, 15) is 8.78 Å². The Kier molecular flexibility index (Phi) is 6.02. The third-order valence-corrected chi connectivity index (χ3v) is 4.34. The topological polar surface area (TPSA) is 9.23 Å². The second kappa shape index (κ2) is 7.06. The van der Waals surface area contributed by atoms with Crippen LogP contribution in [-0.2, 0) is 4.74 Å². The Morgan fingerprint density at radius 1 is 1.26 bits per heavy atom. The van der Waals surface area contributed by atoms with Gasteiger partial charge in [-0.2, -0.15) is 0 Å². The van der Waals surface area contributed by atoms with Crippen LogP contribution in [0.4, 0.5) is 8.78 Å². The first-order valence-corrected chi connectivity index (χ1v) is 7.08. The highest BCUT2D eigenvalue weighted by Crippen LogP contribution is 2.41. The van der Waals surface area contributed by atoms with Crippen molar-refractivity contribution >= 4 is 0 Å². The lowest BCUT2D eigenvalue weighted by atomic mass is 9.69. The highest BCUT2D eigenvalue weighted by Gasteiger charge is 2.30. The monoisotopic (exact) mass is 272 g/mol. The Bertz CT molecular complexity index is 337. The molecule has 0 spiro atoms. The third kappa shape index (κ3) is 4.63. The molecule has 0 N–H and O–H groups in total. The summed E-state index contributed by atoms with van der Waals surface area (Å²) in [5, 5.41) is 0. The summed E-state index contributed by atoms with van der Waals surface area (Å²) in [6.07, 6.45) is 8.46. The fourth-order valence-corrected chi connectivity index (χ4v) is 2.77. The Labute approximate surface area is 115 Å². The van der Waals surface area contributed by atoms with E-state index < -0.39 is 12.5 Å². The molecule has 3 heteroatoms. The molecule has 19 heavy (non-hydrogen) atoms. The Hall–Kier alpha value is -0.860. The molecule has 0 aromatic rings. The van der Waals surface area contributed by atoms with Crippen LogP contribution in [0, 0.1) is 17.3 Å². The van der Waals surface area contributed by atoms with E-state index in [2.05, 4.69) is 20.8 Å². The zero-order valence-electron chi connectivity index (χ0n) is 12.5. The average molecular weight is 272 g/mol. The van der Waals surface area contributed by atoms with Crippen molar-refractivity contribution in [2.24, 2.45) is 17.3 Å². The van der Waals surface area contributed by atoms with Crippen LogP contribution in [0.15, 0.2) is 23.7 Å². The molecule has 0 unspecified atom stereocenters. The van der Waals surface area contributed by atoms with Gasteiger partial charge in [-0.3, -0.25) is 0 Å². The second-order valence-corrected chi connectivity index (χ2v) is 6.22. The molecule has 0 heterocycles. The lowest BCUT2D eigenvalue weighted by Crippen LogP contribution is -2.26. The zero-order chi connectivity index (χ0) is 14.5. The minimum Gasteiger partial charge on any atom is -0.494 e. The van der Waals surface area contributed by atoms with Crippen LogP contribution < -0.4 is 0 Å². The van der Waals surface area contributed by atoms with Crippen LogP contribution in [0.25, 0.3) is 0 Å². The van der Waals surface area contributed by atoms with Crippen molar-refractivity contribution in [2.75, 3.05) is 13.8 Å². The van der Waals surface area contributed by atoms with Gasteiger partial charge in [0.15, 0.2) is 11.6 Å². The van der Waals surface area contributed by atoms with Crippen LogP contribution in [-0.4, -0.2) is 13.8 Å². The van der Waals surface area contributed by atoms with Crippen LogP contribution in [0.3, 0.4) is 0 Å². The van der Waals surface area contributed by atoms with Gasteiger partial charge in [0.1, 0.15) is 6.67 Å². The molecule has 1 rings (SSSR count). The molecule has 1 aliphatic rings. The van der Waals surface area contributed by atoms with E-state index >= 15 is 0 Å². The quantitative estimate of drug-likeness (QED) is 0.494. The Balaban J connectivity index is 2.72. The van der Waals surface area contributed by atoms with Crippen LogP contribution in [0.2, 0.25) is 0 Å². The predicted molar refractivity (Wildman–Crippen MR) is 75.2 cm³/mol. The highest BCUT2D eigenvalue weighted by molar-refractivity contribution is 5.18. The van der Waals surface area contributed by atoms with Crippen molar-refractivity contribution < 1.29 is 13.5 Å². The van der Waals surface area contributed by atoms with Gasteiger partial charge in [-0.05, 0) is 36.2 Å². The van der Waals surface area contributed by atoms with E-state index in [0.717, 1.165) is 5.92 Å². The molecule has 1 fully saturated rings. The number of hydrogen-bond acceptors (Lipinski definition) is 1. The minimum atomic E-state index is -1.12. The molecule has 0 aromatic heterocycles. The van der Waals surface area contributed by atoms with Crippen LogP contribution in [0.1, 0.15) is 46.5 Å². The molecule has 0 amide bonds. The van der Waals surface area contributed by atoms with Crippen molar-refractivity contribution in [1.29, 1.82) is 0 Å². The molecule has 0 atom stereocenters. The second-order valence-electron chi connectivity index (χ2n) is 6.22. The smallest absolute Gasteiger partial charge is 0.173 e. The van der Waals surface area contributed by atoms with Gasteiger partial charge in [-0.15, -0.1) is 0 Å². The lowest BCUT2D eigenvalue weighted by molar-refractivity contribution is 0.180. The first-order chi connectivity index (χ1) is 8.90. The molecular weight excluding hydrogens is 246 g/mol. The van der Waals surface area contributed by atoms with Gasteiger partial charge in [0.05, 0.1) is 7.11 Å². The fraction of sp³-hybridized carbons (Fsp3) is 0.750. The first kappa shape index (κ1) is 16.2. The Morgan fingerprint density at radius 3 is 2.32 bits per heavy atom. The number of rotatable bonds is 5. The van der Waals surface area contributed by atoms with Crippen molar-refractivity contribution in [3.63, 3.8) is 0 Å². The minimum absolute atomic E-state index is 0.000229. The molecule has 0 radical (unpaired) electrons. The molecule has 1 nitrogen and oxygen atoms in total. The van der Waals surface area contributed by atoms with E-state index in [1.54, 1.807) is 6.08 Å². The summed E-state index contributed by atoms with van der Waals surface area (Å²) >= 11 is 0. The largest absolute Gasteiger partial charge is 0.494 e. The summed E-state index contributed by atoms with van der Waals surface area (Å²) in [5.41, 5.74) is -0.0134. The maximum absolute atomic E-state index is 13.2. The number of methoxy groups -OCH3 is 1. The van der Waals surface area contributed by atoms with Crippen LogP contribution >= 0.6 is 0 Å². The number of allylic oxidation sites excluding steroid dienone is 3. The van der Waals surface area contributed by atoms with E-state index in [4.69, 9.17) is 4.74 Å². The lowest BCUT2D eigenvalue weighted by Gasteiger charge is -2.36. The SMILES string of the molecule is COC(/C=C\C(C)(C)C1CCC(C)CC1)=C(\F)CF. The summed E-state index contributed by atoms with van der Waals surface area (Å²) in [6.45, 7) is 5.49. The number of alkyl halides is 1. The van der Waals surface area contributed by atoms with Crippen molar-refractivity contribution in [2.45, 2.75) is 46.5 Å². The number of ether oxygens (including phenoxy) is 1. The standard InChI is InChI=1S/C16H26F2O/c1-12-5-7-13(8-6-12)16(2,3)10-9-15(19-4)14(18)11-17/h9-10,12-13H,5-8,11H2,1-4H3/b10-9-,15-14-. The molecule has 1 aliphatic carbocycles. The van der Waals surface area contributed by atoms with E-state index in [1.807, 2.05) is 6.08 Å². The first-order valence-electron chi connectivity index (χ1n) is 7.08. The van der Waals surface area contributed by atoms with Gasteiger partial charge in [-0.25, -0.2) is 8.78 Å². The third-order valence-electron chi connectivity index (χ3n) is 4.34. The summed E-state index contributed by atoms with van der Waals surface area (Å²) in [6, 6.07) is 0. The fourth-order valence-electron chi connectivity index (χ4n) is 2.77. The predicted octanol–water partition coefficient (Wildman–Crippen LogP) is 5.19. The summed E-state index contributed by atoms with van der Waals surface area (Å²) in [5.74, 6) is 0.576. The maximum Gasteiger partial charge on any atom is 0.173 e. The van der Waals surface area contributed by atoms with E-state index in [1.165, 1.54) is 32.8 Å². The van der Waals surface area contributed by atoms with E-state index in [0.29, 0.717) is 5.92 Å². The van der Waals surface area contributed by atoms with Gasteiger partial charge in [0.25, 0.3) is 0 Å². The number of halogens is 2. The normalized spacial score (nSPS) is 26.4. The van der Waals surface area contributed by atoms with E-state index in [-0.39, 0.29) is 11.2 Å². The molecule has 0 aromatic carbocycles. The average Bonchev–Trinajstić information content (AvgIpc) is 2.39. The summed E-state index contributed by atoms with van der Waals surface area (Å²) in [7, 11) is 1.37. The molecule has 0 aliphatic heterocycles. The van der Waals surface area contributed by atoms with Crippen molar-refractivity contribution in [3.05, 3.63) is 23.7 Å². The summed E-state index contributed by atoms with van der Waals surface area (Å²) < 4.78 is 30.4. The zero-order valence-corrected chi connectivity index (χ0v) is 12.5. The van der Waals surface area contributed by atoms with Gasteiger partial charge in [0.2, 0.25) is 0 Å². The van der Waals surface area contributed by atoms with Crippen LogP contribution in [0.5, 0.6) is 0 Å². The highest BCUT2D eigenvalue weighted by atomic mass is 19.2. The molecule has 1 saturated carbocycles. The number of hydrogen-bond donors (Lipinski definition) is 0. The Morgan fingerprint density at radius 2 is 1.84 bits per heavy atom. The molecular formula is C16H26F2O. The van der Waals surface area contributed by atoms with Crippen molar-refractivity contribution in [1.82, 2.24) is 0 Å². The maximum atomic E-state index is 13.2. The summed E-state index contributed by atoms with van der Waals surface area (Å²) in [4.78, 5) is 0. The molecule has 0 bridgehead atoms. The van der Waals surface area contributed by atoms with Gasteiger partial charge >= 0.3 is 0 Å². The molecule has 110 valence electrons. The van der Waals surface area contributed by atoms with Gasteiger partial charge in [-0.1, -0.05) is 39.7 Å². The van der Waals surface area contributed by atoms with Crippen molar-refractivity contribution in [3.8, 4) is 0 Å². The molecule has 0 saturated heterocycles. The van der Waals surface area contributed by atoms with Gasteiger partial charge in [0, 0.05) is 0 Å². The van der Waals surface area contributed by atoms with Gasteiger partial charge < -0.3 is 4.74 Å².